The van der Waals surface area contributed by atoms with Gasteiger partial charge in [-0.1, -0.05) is 24.3 Å². The number of nitrogens with two attached hydrogens (primary N) is 2. The Balaban J connectivity index is 1.76. The molecule has 0 radical (unpaired) electrons. The molecule has 5 N–H and O–H groups in total. The van der Waals surface area contributed by atoms with Gasteiger partial charge in [-0.25, -0.2) is 0 Å². The number of benzene rings is 3. The molecule has 31 heavy (non-hydrogen) atoms. The van der Waals surface area contributed by atoms with Gasteiger partial charge < -0.3 is 16.8 Å². The van der Waals surface area contributed by atoms with E-state index in [1.165, 1.54) is 0 Å². The van der Waals surface area contributed by atoms with Crippen LogP contribution in [-0.2, 0) is 0 Å². The van der Waals surface area contributed by atoms with Crippen molar-refractivity contribution in [3.05, 3.63) is 83.4 Å². The van der Waals surface area contributed by atoms with Gasteiger partial charge in [-0.15, -0.1) is 11.3 Å². The number of hydrogen-bond acceptors (Lipinski definition) is 5. The summed E-state index contributed by atoms with van der Waals surface area (Å²) in [5.74, 6) is -0.883. The fourth-order valence-electron chi connectivity index (χ4n) is 3.32. The minimum absolute atomic E-state index is 0.319. The minimum atomic E-state index is -0.558. The molecule has 1 heterocycles. The fraction of sp³-hybridized carbons (Fsp3) is 0.0417. The molecule has 0 atom stereocenters. The topological polar surface area (TPSA) is 111 Å². The van der Waals surface area contributed by atoms with Gasteiger partial charge in [0.25, 0.3) is 5.91 Å². The summed E-state index contributed by atoms with van der Waals surface area (Å²) in [6.07, 6.45) is 1.64. The third-order valence-electron chi connectivity index (χ3n) is 4.84. The zero-order valence-corrected chi connectivity index (χ0v) is 17.6. The monoisotopic (exact) mass is 428 g/mol. The van der Waals surface area contributed by atoms with Crippen LogP contribution in [0.5, 0.6) is 0 Å². The Kier molecular flexibility index (Phi) is 5.51. The minimum Gasteiger partial charge on any atom is -0.398 e. The number of hydrogen-bond donors (Lipinski definition) is 3. The van der Waals surface area contributed by atoms with E-state index in [9.17, 15) is 9.59 Å². The number of thiophene rings is 1. The van der Waals surface area contributed by atoms with E-state index in [4.69, 9.17) is 11.5 Å². The molecule has 0 spiro atoms. The predicted octanol–water partition coefficient (Wildman–Crippen LogP) is 4.55. The number of nitrogens with zero attached hydrogens (tertiary/aromatic N) is 1. The highest BCUT2D eigenvalue weighted by molar-refractivity contribution is 7.22. The molecule has 1 aromatic heterocycles. The number of rotatable bonds is 5. The van der Waals surface area contributed by atoms with E-state index in [-0.39, 0.29) is 5.91 Å². The highest BCUT2D eigenvalue weighted by Gasteiger charge is 2.16. The maximum absolute atomic E-state index is 13.0. The van der Waals surface area contributed by atoms with Crippen molar-refractivity contribution < 1.29 is 9.59 Å². The van der Waals surface area contributed by atoms with E-state index in [0.29, 0.717) is 28.1 Å². The molecule has 0 unspecified atom stereocenters. The number of fused-ring (bicyclic) bond motifs is 1. The summed E-state index contributed by atoms with van der Waals surface area (Å²) in [6, 6.07) is 20.1. The van der Waals surface area contributed by atoms with Crippen molar-refractivity contribution in [3.8, 4) is 10.4 Å². The van der Waals surface area contributed by atoms with Crippen LogP contribution < -0.4 is 16.8 Å². The van der Waals surface area contributed by atoms with Crippen molar-refractivity contribution in [1.82, 2.24) is 0 Å². The van der Waals surface area contributed by atoms with Gasteiger partial charge in [0.15, 0.2) is 0 Å². The Morgan fingerprint density at radius 3 is 2.55 bits per heavy atom. The second-order valence-electron chi connectivity index (χ2n) is 6.96. The maximum Gasteiger partial charge on any atom is 0.255 e. The van der Waals surface area contributed by atoms with E-state index < -0.39 is 5.91 Å². The van der Waals surface area contributed by atoms with Crippen molar-refractivity contribution in [3.63, 3.8) is 0 Å². The summed E-state index contributed by atoms with van der Waals surface area (Å²) in [5.41, 5.74) is 15.0. The average Bonchev–Trinajstić information content (AvgIpc) is 3.19. The lowest BCUT2D eigenvalue weighted by atomic mass is 10.0. The lowest BCUT2D eigenvalue weighted by molar-refractivity contribution is 0.0996. The summed E-state index contributed by atoms with van der Waals surface area (Å²) in [4.78, 5) is 29.5. The van der Waals surface area contributed by atoms with Gasteiger partial charge >= 0.3 is 0 Å². The fourth-order valence-corrected chi connectivity index (χ4v) is 4.42. The number of nitrogens with one attached hydrogen (secondary N) is 1. The maximum atomic E-state index is 13.0. The largest absolute Gasteiger partial charge is 0.398 e. The number of nitrogen functional groups attached to an aromatic ring is 1. The van der Waals surface area contributed by atoms with Crippen LogP contribution in [0.4, 0.5) is 11.4 Å². The molecule has 3 aromatic carbocycles. The number of anilines is 2. The van der Waals surface area contributed by atoms with Crippen molar-refractivity contribution in [2.24, 2.45) is 10.7 Å². The van der Waals surface area contributed by atoms with Crippen LogP contribution in [0.2, 0.25) is 0 Å². The molecule has 0 saturated carbocycles. The van der Waals surface area contributed by atoms with Crippen molar-refractivity contribution in [2.75, 3.05) is 18.1 Å². The van der Waals surface area contributed by atoms with Crippen molar-refractivity contribution >= 4 is 50.8 Å². The number of carbonyl (C=O) groups is 2. The first-order valence-electron chi connectivity index (χ1n) is 9.52. The normalized spacial score (nSPS) is 11.1. The summed E-state index contributed by atoms with van der Waals surface area (Å²) in [5, 5.41) is 3.94. The molecule has 0 bridgehead atoms. The highest BCUT2D eigenvalue weighted by atomic mass is 32.1. The zero-order chi connectivity index (χ0) is 22.0. The van der Waals surface area contributed by atoms with Crippen LogP contribution in [0.15, 0.2) is 71.7 Å². The second-order valence-corrected chi connectivity index (χ2v) is 8.05. The first-order valence-corrected chi connectivity index (χ1v) is 10.3. The second kappa shape index (κ2) is 8.41. The Morgan fingerprint density at radius 1 is 1.00 bits per heavy atom. The Morgan fingerprint density at radius 2 is 1.81 bits per heavy atom. The lowest BCUT2D eigenvalue weighted by Crippen LogP contribution is -2.15. The standard InChI is InChI=1S/C24H20N4O2S/c1-27-13-17-9-16(24(30)28-18-7-4-6-15(10-18)23(26)29)11-19(22(17)25)21-12-14-5-2-3-8-20(14)31-21/h2-13H,25H2,1H3,(H2,26,29)(H,28,30). The smallest absolute Gasteiger partial charge is 0.255 e. The van der Waals surface area contributed by atoms with E-state index in [0.717, 1.165) is 20.5 Å². The van der Waals surface area contributed by atoms with Gasteiger partial charge in [-0.2, -0.15) is 0 Å². The molecule has 0 fully saturated rings. The molecule has 7 heteroatoms. The summed E-state index contributed by atoms with van der Waals surface area (Å²) < 4.78 is 1.14. The number of aliphatic imine (C=N–C) groups is 1. The first kappa shape index (κ1) is 20.3. The van der Waals surface area contributed by atoms with E-state index in [1.807, 2.05) is 18.2 Å². The highest BCUT2D eigenvalue weighted by Crippen LogP contribution is 2.38. The van der Waals surface area contributed by atoms with Crippen LogP contribution in [0.25, 0.3) is 20.5 Å². The quantitative estimate of drug-likeness (QED) is 0.320. The SMILES string of the molecule is CN=Cc1cc(C(=O)Nc2cccc(C(N)=O)c2)cc(-c2cc3ccccc3s2)c1N. The molecule has 0 aliphatic carbocycles. The first-order chi connectivity index (χ1) is 15.0. The van der Waals surface area contributed by atoms with Gasteiger partial charge in [-0.05, 0) is 47.9 Å². The lowest BCUT2D eigenvalue weighted by Gasteiger charge is -2.12. The molecule has 0 aliphatic rings. The van der Waals surface area contributed by atoms with Gasteiger partial charge in [0.2, 0.25) is 5.91 Å². The third-order valence-corrected chi connectivity index (χ3v) is 5.99. The molecule has 2 amide bonds. The average molecular weight is 429 g/mol. The van der Waals surface area contributed by atoms with E-state index in [1.54, 1.807) is 61.0 Å². The van der Waals surface area contributed by atoms with Gasteiger partial charge in [0.1, 0.15) is 0 Å². The zero-order valence-electron chi connectivity index (χ0n) is 16.8. The van der Waals surface area contributed by atoms with Crippen LogP contribution in [0.1, 0.15) is 26.3 Å². The molecule has 0 saturated heterocycles. The van der Waals surface area contributed by atoms with Crippen molar-refractivity contribution in [1.29, 1.82) is 0 Å². The Labute approximate surface area is 183 Å². The summed E-state index contributed by atoms with van der Waals surface area (Å²) >= 11 is 1.61. The molecule has 0 aliphatic heterocycles. The van der Waals surface area contributed by atoms with Crippen LogP contribution in [0, 0.1) is 0 Å². The molecular formula is C24H20N4O2S. The molecule has 4 aromatic rings. The number of carbonyl (C=O) groups excluding carboxylic acids is 2. The third kappa shape index (κ3) is 4.17. The Hall–Kier alpha value is -3.97. The summed E-state index contributed by atoms with van der Waals surface area (Å²) in [7, 11) is 1.65. The predicted molar refractivity (Wildman–Crippen MR) is 128 cm³/mol. The van der Waals surface area contributed by atoms with E-state index >= 15 is 0 Å². The summed E-state index contributed by atoms with van der Waals surface area (Å²) in [6.45, 7) is 0. The van der Waals surface area contributed by atoms with Gasteiger partial charge in [0.05, 0.1) is 0 Å². The molecular weight excluding hydrogens is 408 g/mol. The molecule has 4 rings (SSSR count). The molecule has 6 nitrogen and oxygen atoms in total. The molecule has 154 valence electrons. The van der Waals surface area contributed by atoms with Crippen molar-refractivity contribution in [2.45, 2.75) is 0 Å². The van der Waals surface area contributed by atoms with Gasteiger partial charge in [0, 0.05) is 56.5 Å². The van der Waals surface area contributed by atoms with E-state index in [2.05, 4.69) is 22.4 Å². The van der Waals surface area contributed by atoms with Crippen LogP contribution >= 0.6 is 11.3 Å². The van der Waals surface area contributed by atoms with Crippen LogP contribution in [-0.4, -0.2) is 25.1 Å². The van der Waals surface area contributed by atoms with Crippen LogP contribution in [0.3, 0.4) is 0 Å². The number of amides is 2. The Bertz CT molecular complexity index is 1310. The number of primary amides is 1. The van der Waals surface area contributed by atoms with Gasteiger partial charge in [-0.3, -0.25) is 14.6 Å².